The van der Waals surface area contributed by atoms with Gasteiger partial charge in [0.1, 0.15) is 11.5 Å². The Bertz CT molecular complexity index is 988. The van der Waals surface area contributed by atoms with Crippen LogP contribution in [0.15, 0.2) is 60.2 Å². The zero-order valence-electron chi connectivity index (χ0n) is 16.1. The van der Waals surface area contributed by atoms with E-state index in [0.717, 1.165) is 32.1 Å². The molecule has 0 radical (unpaired) electrons. The van der Waals surface area contributed by atoms with Gasteiger partial charge in [0.25, 0.3) is 0 Å². The number of Topliss-reactive ketones (excluding diaryl/α,β-unsaturated/α-hetero) is 1. The third-order valence-electron chi connectivity index (χ3n) is 7.09. The zero-order chi connectivity index (χ0) is 19.3. The molecule has 3 heteroatoms. The van der Waals surface area contributed by atoms with Crippen molar-refractivity contribution in [1.82, 2.24) is 0 Å². The van der Waals surface area contributed by atoms with E-state index in [0.29, 0.717) is 28.9 Å². The first-order valence-electron chi connectivity index (χ1n) is 10.2. The third kappa shape index (κ3) is 2.64. The largest absolute Gasteiger partial charge is 0.423 e. The summed E-state index contributed by atoms with van der Waals surface area (Å²) in [4.78, 5) is 24.8. The van der Waals surface area contributed by atoms with E-state index in [1.165, 1.54) is 16.7 Å². The summed E-state index contributed by atoms with van der Waals surface area (Å²) in [6.07, 6.45) is 6.92. The van der Waals surface area contributed by atoms with E-state index in [1.54, 1.807) is 12.1 Å². The lowest BCUT2D eigenvalue weighted by Gasteiger charge is -2.43. The van der Waals surface area contributed by atoms with Crippen molar-refractivity contribution in [2.24, 2.45) is 11.3 Å². The molecule has 2 saturated carbocycles. The topological polar surface area (TPSA) is 43.4 Å². The standard InChI is InChI=1S/C25H24O3/c1-25-14-13-20-19-10-8-18(28-24(27)16-5-3-2-4-6-16)15-17(19)7-9-21(20)22(25)11-12-23(25)26/h2-6,8-10,15,20,22H,7,11-14H2,1H3. The Balaban J connectivity index is 1.40. The van der Waals surface area contributed by atoms with Crippen LogP contribution in [0.1, 0.15) is 60.0 Å². The minimum Gasteiger partial charge on any atom is -0.423 e. The molecule has 0 aliphatic heterocycles. The second kappa shape index (κ2) is 6.44. The van der Waals surface area contributed by atoms with E-state index in [1.807, 2.05) is 30.3 Å². The molecular formula is C25H24O3. The molecule has 28 heavy (non-hydrogen) atoms. The number of fused-ring (bicyclic) bond motifs is 5. The maximum Gasteiger partial charge on any atom is 0.343 e. The summed E-state index contributed by atoms with van der Waals surface area (Å²) in [6, 6.07) is 15.1. The number of allylic oxidation sites excluding steroid dienone is 2. The van der Waals surface area contributed by atoms with Gasteiger partial charge < -0.3 is 4.74 Å². The minimum absolute atomic E-state index is 0.148. The maximum absolute atomic E-state index is 12.4. The van der Waals surface area contributed by atoms with Crippen molar-refractivity contribution in [3.63, 3.8) is 0 Å². The summed E-state index contributed by atoms with van der Waals surface area (Å²) in [5.74, 6) is 1.53. The van der Waals surface area contributed by atoms with E-state index < -0.39 is 0 Å². The fourth-order valence-electron chi connectivity index (χ4n) is 5.53. The van der Waals surface area contributed by atoms with Crippen LogP contribution in [0.25, 0.3) is 0 Å². The lowest BCUT2D eigenvalue weighted by Crippen LogP contribution is -2.37. The molecule has 3 aliphatic carbocycles. The molecule has 2 aromatic rings. The number of hydrogen-bond acceptors (Lipinski definition) is 3. The number of ketones is 1. The van der Waals surface area contributed by atoms with E-state index >= 15 is 0 Å². The summed E-state index contributed by atoms with van der Waals surface area (Å²) in [5.41, 5.74) is 4.46. The number of ether oxygens (including phenoxy) is 1. The molecule has 0 amide bonds. The van der Waals surface area contributed by atoms with Crippen molar-refractivity contribution in [2.45, 2.75) is 44.9 Å². The fraction of sp³-hybridized carbons (Fsp3) is 0.360. The van der Waals surface area contributed by atoms with Crippen LogP contribution in [-0.4, -0.2) is 11.8 Å². The number of rotatable bonds is 2. The van der Waals surface area contributed by atoms with Crippen molar-refractivity contribution in [3.8, 4) is 5.75 Å². The van der Waals surface area contributed by atoms with Crippen molar-refractivity contribution < 1.29 is 14.3 Å². The SMILES string of the molecule is CC12CCC3C(=CCc4cc(OC(=O)c5ccccc5)ccc43)C1CCC2=O. The molecule has 0 heterocycles. The molecule has 3 atom stereocenters. The van der Waals surface area contributed by atoms with Gasteiger partial charge in [0.2, 0.25) is 0 Å². The Morgan fingerprint density at radius 1 is 1.11 bits per heavy atom. The number of esters is 1. The molecule has 0 spiro atoms. The van der Waals surface area contributed by atoms with Crippen molar-refractivity contribution in [1.29, 1.82) is 0 Å². The third-order valence-corrected chi connectivity index (χ3v) is 7.09. The van der Waals surface area contributed by atoms with Crippen LogP contribution >= 0.6 is 0 Å². The molecule has 0 saturated heterocycles. The van der Waals surface area contributed by atoms with Gasteiger partial charge in [0.05, 0.1) is 5.56 Å². The summed E-state index contributed by atoms with van der Waals surface area (Å²) < 4.78 is 5.60. The Morgan fingerprint density at radius 2 is 1.93 bits per heavy atom. The van der Waals surface area contributed by atoms with Crippen LogP contribution in [0.4, 0.5) is 0 Å². The normalized spacial score (nSPS) is 28.0. The summed E-state index contributed by atoms with van der Waals surface area (Å²) in [6.45, 7) is 2.17. The molecule has 0 N–H and O–H groups in total. The van der Waals surface area contributed by atoms with Crippen LogP contribution in [0.2, 0.25) is 0 Å². The highest BCUT2D eigenvalue weighted by Crippen LogP contribution is 2.57. The van der Waals surface area contributed by atoms with Gasteiger partial charge in [-0.15, -0.1) is 0 Å². The zero-order valence-corrected chi connectivity index (χ0v) is 16.1. The van der Waals surface area contributed by atoms with Gasteiger partial charge in [-0.05, 0) is 67.0 Å². The van der Waals surface area contributed by atoms with E-state index in [9.17, 15) is 9.59 Å². The second-order valence-electron chi connectivity index (χ2n) is 8.55. The summed E-state index contributed by atoms with van der Waals surface area (Å²) in [5, 5.41) is 0. The lowest BCUT2D eigenvalue weighted by atomic mass is 9.60. The molecule has 3 aliphatic rings. The van der Waals surface area contributed by atoms with E-state index in [-0.39, 0.29) is 11.4 Å². The summed E-state index contributed by atoms with van der Waals surface area (Å²) >= 11 is 0. The van der Waals surface area contributed by atoms with Crippen LogP contribution in [0.5, 0.6) is 5.75 Å². The monoisotopic (exact) mass is 372 g/mol. The minimum atomic E-state index is -0.328. The first-order valence-corrected chi connectivity index (χ1v) is 10.2. The Kier molecular flexibility index (Phi) is 4.01. The molecular weight excluding hydrogens is 348 g/mol. The number of hydrogen-bond donors (Lipinski definition) is 0. The van der Waals surface area contributed by atoms with E-state index in [2.05, 4.69) is 19.1 Å². The van der Waals surface area contributed by atoms with Gasteiger partial charge in [-0.1, -0.05) is 42.8 Å². The first-order chi connectivity index (χ1) is 13.6. The quantitative estimate of drug-likeness (QED) is 0.411. The highest BCUT2D eigenvalue weighted by Gasteiger charge is 2.52. The van der Waals surface area contributed by atoms with Crippen molar-refractivity contribution >= 4 is 11.8 Å². The van der Waals surface area contributed by atoms with Crippen LogP contribution in [0.3, 0.4) is 0 Å². The highest BCUT2D eigenvalue weighted by atomic mass is 16.5. The average molecular weight is 372 g/mol. The Labute approximate surface area is 165 Å². The van der Waals surface area contributed by atoms with Gasteiger partial charge >= 0.3 is 5.97 Å². The number of carbonyl (C=O) groups excluding carboxylic acids is 2. The van der Waals surface area contributed by atoms with Gasteiger partial charge in [-0.3, -0.25) is 4.79 Å². The molecule has 2 aromatic carbocycles. The smallest absolute Gasteiger partial charge is 0.343 e. The molecule has 5 rings (SSSR count). The molecule has 0 bridgehead atoms. The van der Waals surface area contributed by atoms with Gasteiger partial charge in [-0.25, -0.2) is 4.79 Å². The van der Waals surface area contributed by atoms with Crippen molar-refractivity contribution in [3.05, 3.63) is 76.9 Å². The fourth-order valence-corrected chi connectivity index (χ4v) is 5.53. The number of benzene rings is 2. The predicted molar refractivity (Wildman–Crippen MR) is 107 cm³/mol. The van der Waals surface area contributed by atoms with Gasteiger partial charge in [0, 0.05) is 17.8 Å². The van der Waals surface area contributed by atoms with Gasteiger partial charge in [-0.2, -0.15) is 0 Å². The van der Waals surface area contributed by atoms with E-state index in [4.69, 9.17) is 4.74 Å². The molecule has 0 aromatic heterocycles. The first kappa shape index (κ1) is 17.4. The van der Waals surface area contributed by atoms with Gasteiger partial charge in [0.15, 0.2) is 0 Å². The second-order valence-corrected chi connectivity index (χ2v) is 8.55. The predicted octanol–water partition coefficient (Wildman–Crippen LogP) is 5.25. The lowest BCUT2D eigenvalue weighted by molar-refractivity contribution is -0.126. The molecule has 142 valence electrons. The van der Waals surface area contributed by atoms with Crippen LogP contribution in [-0.2, 0) is 11.2 Å². The highest BCUT2D eigenvalue weighted by molar-refractivity contribution is 5.91. The Hall–Kier alpha value is -2.68. The summed E-state index contributed by atoms with van der Waals surface area (Å²) in [7, 11) is 0. The Morgan fingerprint density at radius 3 is 2.75 bits per heavy atom. The number of carbonyl (C=O) groups is 2. The molecule has 3 unspecified atom stereocenters. The molecule has 2 fully saturated rings. The van der Waals surface area contributed by atoms with Crippen LogP contribution < -0.4 is 4.74 Å². The van der Waals surface area contributed by atoms with Crippen molar-refractivity contribution in [2.75, 3.05) is 0 Å². The average Bonchev–Trinajstić information content (AvgIpc) is 3.03. The van der Waals surface area contributed by atoms with Crippen LogP contribution in [0, 0.1) is 11.3 Å². The molecule has 3 nitrogen and oxygen atoms in total. The maximum atomic E-state index is 12.4.